The number of halogens is 1. The monoisotopic (exact) mass is 345 g/mol. The lowest BCUT2D eigenvalue weighted by atomic mass is 10.2. The van der Waals surface area contributed by atoms with Crippen LogP contribution >= 0.6 is 15.9 Å². The van der Waals surface area contributed by atoms with E-state index < -0.39 is 0 Å². The Bertz CT molecular complexity index is 690. The van der Waals surface area contributed by atoms with Crippen molar-refractivity contribution in [2.75, 3.05) is 17.7 Å². The largest absolute Gasteiger partial charge is 0.479 e. The number of ether oxygens (including phenoxy) is 1. The van der Waals surface area contributed by atoms with Crippen molar-refractivity contribution in [3.63, 3.8) is 0 Å². The van der Waals surface area contributed by atoms with Crippen LogP contribution in [0.4, 0.5) is 11.4 Å². The predicted molar refractivity (Wildman–Crippen MR) is 84.1 cm³/mol. The summed E-state index contributed by atoms with van der Waals surface area (Å²) >= 11 is 3.30. The first-order valence-electron chi connectivity index (χ1n) is 6.06. The summed E-state index contributed by atoms with van der Waals surface area (Å²) in [7, 11) is 0. The van der Waals surface area contributed by atoms with Gasteiger partial charge in [-0.25, -0.2) is 0 Å². The van der Waals surface area contributed by atoms with Gasteiger partial charge in [-0.05, 0) is 30.3 Å². The molecule has 21 heavy (non-hydrogen) atoms. The number of carbonyl (C=O) groups is 1. The lowest BCUT2D eigenvalue weighted by molar-refractivity contribution is 0.102. The van der Waals surface area contributed by atoms with E-state index in [4.69, 9.17) is 15.7 Å². The van der Waals surface area contributed by atoms with E-state index in [1.807, 2.05) is 6.07 Å². The molecule has 0 spiro atoms. The Labute approximate surface area is 130 Å². The zero-order valence-electron chi connectivity index (χ0n) is 11.0. The fourth-order valence-corrected chi connectivity index (χ4v) is 2.24. The average Bonchev–Trinajstić information content (AvgIpc) is 2.44. The second kappa shape index (κ2) is 6.77. The third-order valence-electron chi connectivity index (χ3n) is 2.58. The summed E-state index contributed by atoms with van der Waals surface area (Å²) in [5, 5.41) is 11.2. The van der Waals surface area contributed by atoms with E-state index in [1.54, 1.807) is 42.5 Å². The summed E-state index contributed by atoms with van der Waals surface area (Å²) in [4.78, 5) is 12.2. The van der Waals surface area contributed by atoms with Gasteiger partial charge in [-0.2, -0.15) is 5.26 Å². The Balaban J connectivity index is 2.14. The number of nitrogens with two attached hydrogens (primary N) is 1. The lowest BCUT2D eigenvalue weighted by Gasteiger charge is -2.08. The Morgan fingerprint density at radius 1 is 1.33 bits per heavy atom. The highest BCUT2D eigenvalue weighted by molar-refractivity contribution is 9.10. The summed E-state index contributed by atoms with van der Waals surface area (Å²) in [5.41, 5.74) is 7.24. The van der Waals surface area contributed by atoms with E-state index in [1.165, 1.54) is 0 Å². The molecule has 0 aliphatic rings. The summed E-state index contributed by atoms with van der Waals surface area (Å²) < 4.78 is 5.92. The van der Waals surface area contributed by atoms with Crippen LogP contribution in [0, 0.1) is 11.3 Å². The molecule has 0 fully saturated rings. The summed E-state index contributed by atoms with van der Waals surface area (Å²) in [6.07, 6.45) is 0. The number of rotatable bonds is 4. The van der Waals surface area contributed by atoms with Gasteiger partial charge >= 0.3 is 0 Å². The van der Waals surface area contributed by atoms with Gasteiger partial charge in [0.25, 0.3) is 5.91 Å². The van der Waals surface area contributed by atoms with Gasteiger partial charge < -0.3 is 15.8 Å². The van der Waals surface area contributed by atoms with Crippen LogP contribution in [0.3, 0.4) is 0 Å². The summed E-state index contributed by atoms with van der Waals surface area (Å²) in [6, 6.07) is 13.7. The van der Waals surface area contributed by atoms with Crippen molar-refractivity contribution in [2.45, 2.75) is 0 Å². The van der Waals surface area contributed by atoms with Gasteiger partial charge in [0, 0.05) is 27.5 Å². The number of nitrogens with zero attached hydrogens (tertiary/aromatic N) is 1. The van der Waals surface area contributed by atoms with Crippen molar-refractivity contribution in [2.24, 2.45) is 0 Å². The molecule has 0 saturated carbocycles. The molecule has 3 N–H and O–H groups in total. The van der Waals surface area contributed by atoms with Crippen LogP contribution in [-0.2, 0) is 0 Å². The normalized spacial score (nSPS) is 9.71. The smallest absolute Gasteiger partial charge is 0.255 e. The molecule has 0 bridgehead atoms. The molecule has 2 rings (SSSR count). The molecule has 0 saturated heterocycles. The summed E-state index contributed by atoms with van der Waals surface area (Å²) in [5.74, 6) is 0.239. The third kappa shape index (κ3) is 4.23. The molecule has 5 nitrogen and oxygen atoms in total. The van der Waals surface area contributed by atoms with Crippen molar-refractivity contribution in [3.8, 4) is 11.8 Å². The molecule has 0 aromatic heterocycles. The third-order valence-corrected chi connectivity index (χ3v) is 3.04. The van der Waals surface area contributed by atoms with Crippen molar-refractivity contribution >= 4 is 33.2 Å². The highest BCUT2D eigenvalue weighted by Gasteiger charge is 2.08. The lowest BCUT2D eigenvalue weighted by Crippen LogP contribution is -2.12. The van der Waals surface area contributed by atoms with E-state index in [9.17, 15) is 4.79 Å². The standard InChI is InChI=1S/C15H12BrN3O2/c16-11-6-10(7-12(18)8-11)15(20)19-13-2-1-3-14(9-13)21-5-4-17/h1-3,6-9H,5,18H2,(H,19,20). The zero-order valence-corrected chi connectivity index (χ0v) is 12.6. The summed E-state index contributed by atoms with van der Waals surface area (Å²) in [6.45, 7) is -0.0421. The number of hydrogen-bond donors (Lipinski definition) is 2. The number of benzene rings is 2. The maximum absolute atomic E-state index is 12.2. The molecule has 0 unspecified atom stereocenters. The van der Waals surface area contributed by atoms with E-state index in [-0.39, 0.29) is 12.5 Å². The van der Waals surface area contributed by atoms with Crippen LogP contribution in [0.15, 0.2) is 46.9 Å². The fourth-order valence-electron chi connectivity index (χ4n) is 1.73. The molecular formula is C15H12BrN3O2. The molecule has 0 aliphatic heterocycles. The van der Waals surface area contributed by atoms with Gasteiger partial charge in [0.2, 0.25) is 0 Å². The number of nitrogen functional groups attached to an aromatic ring is 1. The Morgan fingerprint density at radius 3 is 2.86 bits per heavy atom. The van der Waals surface area contributed by atoms with Gasteiger partial charge in [0.1, 0.15) is 11.8 Å². The first-order valence-corrected chi connectivity index (χ1v) is 6.85. The van der Waals surface area contributed by atoms with Gasteiger partial charge in [-0.3, -0.25) is 4.79 Å². The number of nitrogens with one attached hydrogen (secondary N) is 1. The van der Waals surface area contributed by atoms with E-state index in [2.05, 4.69) is 21.2 Å². The number of anilines is 2. The van der Waals surface area contributed by atoms with Gasteiger partial charge in [0.05, 0.1) is 0 Å². The molecule has 0 aliphatic carbocycles. The molecule has 1 amide bonds. The number of hydrogen-bond acceptors (Lipinski definition) is 4. The maximum Gasteiger partial charge on any atom is 0.255 e. The van der Waals surface area contributed by atoms with Gasteiger partial charge in [-0.15, -0.1) is 0 Å². The van der Waals surface area contributed by atoms with Crippen LogP contribution in [0.5, 0.6) is 5.75 Å². The van der Waals surface area contributed by atoms with Crippen molar-refractivity contribution in [1.29, 1.82) is 5.26 Å². The number of amides is 1. The van der Waals surface area contributed by atoms with Crippen LogP contribution in [0.25, 0.3) is 0 Å². The highest BCUT2D eigenvalue weighted by Crippen LogP contribution is 2.20. The minimum Gasteiger partial charge on any atom is -0.479 e. The Hall–Kier alpha value is -2.52. The minimum absolute atomic E-state index is 0.0421. The SMILES string of the molecule is N#CCOc1cccc(NC(=O)c2cc(N)cc(Br)c2)c1. The van der Waals surface area contributed by atoms with E-state index in [0.29, 0.717) is 22.7 Å². The molecule has 0 radical (unpaired) electrons. The van der Waals surface area contributed by atoms with Crippen LogP contribution in [0.1, 0.15) is 10.4 Å². The Kier molecular flexibility index (Phi) is 4.80. The second-order valence-corrected chi connectivity index (χ2v) is 5.12. The molecule has 0 heterocycles. The van der Waals surface area contributed by atoms with E-state index in [0.717, 1.165) is 4.47 Å². The highest BCUT2D eigenvalue weighted by atomic mass is 79.9. The molecule has 106 valence electrons. The average molecular weight is 346 g/mol. The molecular weight excluding hydrogens is 334 g/mol. The molecule has 6 heteroatoms. The number of carbonyl (C=O) groups excluding carboxylic acids is 1. The topological polar surface area (TPSA) is 88.1 Å². The number of nitriles is 1. The van der Waals surface area contributed by atoms with Crippen LogP contribution in [-0.4, -0.2) is 12.5 Å². The van der Waals surface area contributed by atoms with Gasteiger partial charge in [-0.1, -0.05) is 22.0 Å². The van der Waals surface area contributed by atoms with Crippen molar-refractivity contribution in [3.05, 3.63) is 52.5 Å². The van der Waals surface area contributed by atoms with Crippen LogP contribution in [0.2, 0.25) is 0 Å². The maximum atomic E-state index is 12.2. The van der Waals surface area contributed by atoms with E-state index >= 15 is 0 Å². The quantitative estimate of drug-likeness (QED) is 0.833. The Morgan fingerprint density at radius 2 is 2.14 bits per heavy atom. The van der Waals surface area contributed by atoms with Crippen molar-refractivity contribution < 1.29 is 9.53 Å². The fraction of sp³-hybridized carbons (Fsp3) is 0.0667. The second-order valence-electron chi connectivity index (χ2n) is 4.20. The first-order chi connectivity index (χ1) is 10.1. The first kappa shape index (κ1) is 14.9. The van der Waals surface area contributed by atoms with Gasteiger partial charge in [0.15, 0.2) is 6.61 Å². The van der Waals surface area contributed by atoms with Crippen molar-refractivity contribution in [1.82, 2.24) is 0 Å². The predicted octanol–water partition coefficient (Wildman–Crippen LogP) is 3.19. The zero-order chi connectivity index (χ0) is 15.2. The molecule has 2 aromatic carbocycles. The minimum atomic E-state index is -0.277. The molecule has 0 atom stereocenters. The molecule has 2 aromatic rings. The van der Waals surface area contributed by atoms with Crippen LogP contribution < -0.4 is 15.8 Å².